The maximum absolute atomic E-state index is 12.5. The number of hydrogen-bond acceptors (Lipinski definition) is 4. The van der Waals surface area contributed by atoms with Crippen molar-refractivity contribution in [2.75, 3.05) is 13.1 Å². The Labute approximate surface area is 153 Å². The number of carboxylic acid groups (broad SMARTS) is 2. The fourth-order valence-corrected chi connectivity index (χ4v) is 3.37. The van der Waals surface area contributed by atoms with Crippen LogP contribution in [-0.4, -0.2) is 47.1 Å². The second kappa shape index (κ2) is 10.8. The van der Waals surface area contributed by atoms with Gasteiger partial charge < -0.3 is 20.8 Å². The molecule has 1 aliphatic carbocycles. The first-order valence-corrected chi connectivity index (χ1v) is 9.34. The molecule has 4 N–H and O–H groups in total. The molecule has 0 aromatic rings. The third-order valence-corrected chi connectivity index (χ3v) is 4.95. The number of rotatable bonds is 10. The van der Waals surface area contributed by atoms with Crippen LogP contribution >= 0.6 is 0 Å². The van der Waals surface area contributed by atoms with E-state index in [1.807, 2.05) is 13.8 Å². The third kappa shape index (κ3) is 6.00. The summed E-state index contributed by atoms with van der Waals surface area (Å²) in [4.78, 5) is 48.0. The summed E-state index contributed by atoms with van der Waals surface area (Å²) in [5, 5.41) is 24.2. The molecule has 0 aromatic heterocycles. The quantitative estimate of drug-likeness (QED) is 0.428. The van der Waals surface area contributed by atoms with E-state index >= 15 is 0 Å². The smallest absolute Gasteiger partial charge is 0.307 e. The van der Waals surface area contributed by atoms with Crippen molar-refractivity contribution >= 4 is 23.8 Å². The summed E-state index contributed by atoms with van der Waals surface area (Å²) in [6.07, 6.45) is 3.07. The predicted molar refractivity (Wildman–Crippen MR) is 94.3 cm³/mol. The zero-order valence-electron chi connectivity index (χ0n) is 15.5. The number of carbonyl (C=O) groups excluding carboxylic acids is 2. The molecule has 0 spiro atoms. The van der Waals surface area contributed by atoms with Crippen molar-refractivity contribution in [2.24, 2.45) is 23.7 Å². The third-order valence-electron chi connectivity index (χ3n) is 4.95. The molecule has 0 aromatic carbocycles. The number of hydrogen-bond donors (Lipinski definition) is 4. The Balaban J connectivity index is 2.97. The minimum absolute atomic E-state index is 0.143. The molecular weight excluding hydrogens is 340 g/mol. The Morgan fingerprint density at radius 1 is 0.731 bits per heavy atom. The normalized spacial score (nSPS) is 25.3. The van der Waals surface area contributed by atoms with Gasteiger partial charge in [0, 0.05) is 13.1 Å². The topological polar surface area (TPSA) is 133 Å². The minimum atomic E-state index is -1.24. The molecule has 26 heavy (non-hydrogen) atoms. The van der Waals surface area contributed by atoms with E-state index in [1.165, 1.54) is 0 Å². The van der Waals surface area contributed by atoms with Gasteiger partial charge in [-0.25, -0.2) is 0 Å². The van der Waals surface area contributed by atoms with E-state index in [4.69, 9.17) is 0 Å². The molecule has 0 aliphatic heterocycles. The zero-order valence-corrected chi connectivity index (χ0v) is 15.5. The highest BCUT2D eigenvalue weighted by Crippen LogP contribution is 2.39. The lowest BCUT2D eigenvalue weighted by atomic mass is 9.67. The minimum Gasteiger partial charge on any atom is -0.481 e. The summed E-state index contributed by atoms with van der Waals surface area (Å²) in [6.45, 7) is 4.87. The second-order valence-corrected chi connectivity index (χ2v) is 6.86. The molecule has 8 nitrogen and oxygen atoms in total. The Bertz CT molecular complexity index is 476. The zero-order chi connectivity index (χ0) is 19.7. The lowest BCUT2D eigenvalue weighted by molar-refractivity contribution is -0.161. The Morgan fingerprint density at radius 3 is 1.35 bits per heavy atom. The van der Waals surface area contributed by atoms with Gasteiger partial charge in [0.1, 0.15) is 0 Å². The van der Waals surface area contributed by atoms with Crippen molar-refractivity contribution < 1.29 is 29.4 Å². The van der Waals surface area contributed by atoms with E-state index in [0.29, 0.717) is 13.1 Å². The fourth-order valence-electron chi connectivity index (χ4n) is 3.37. The molecule has 1 rings (SSSR count). The van der Waals surface area contributed by atoms with Gasteiger partial charge in [-0.05, 0) is 25.7 Å². The van der Waals surface area contributed by atoms with Crippen LogP contribution in [0.5, 0.6) is 0 Å². The summed E-state index contributed by atoms with van der Waals surface area (Å²) in [5.41, 5.74) is 0. The molecule has 0 heterocycles. The van der Waals surface area contributed by atoms with E-state index in [1.54, 1.807) is 0 Å². The van der Waals surface area contributed by atoms with Crippen LogP contribution in [0.15, 0.2) is 0 Å². The first-order chi connectivity index (χ1) is 12.3. The second-order valence-electron chi connectivity index (χ2n) is 6.86. The predicted octanol–water partition coefficient (Wildman–Crippen LogP) is 1.25. The van der Waals surface area contributed by atoms with Crippen molar-refractivity contribution in [1.82, 2.24) is 10.6 Å². The molecule has 1 fully saturated rings. The fraction of sp³-hybridized carbons (Fsp3) is 0.778. The molecule has 4 unspecified atom stereocenters. The van der Waals surface area contributed by atoms with Gasteiger partial charge in [0.2, 0.25) is 11.8 Å². The monoisotopic (exact) mass is 370 g/mol. The first-order valence-electron chi connectivity index (χ1n) is 9.34. The lowest BCUT2D eigenvalue weighted by Gasteiger charge is -2.36. The van der Waals surface area contributed by atoms with Crippen molar-refractivity contribution in [2.45, 2.75) is 52.4 Å². The van der Waals surface area contributed by atoms with E-state index in [0.717, 1.165) is 25.7 Å². The average molecular weight is 370 g/mol. The van der Waals surface area contributed by atoms with Crippen LogP contribution in [0.25, 0.3) is 0 Å². The summed E-state index contributed by atoms with van der Waals surface area (Å²) < 4.78 is 0. The van der Waals surface area contributed by atoms with Crippen molar-refractivity contribution in [3.8, 4) is 0 Å². The van der Waals surface area contributed by atoms with Crippen LogP contribution < -0.4 is 10.6 Å². The summed E-state index contributed by atoms with van der Waals surface area (Å²) in [5.74, 6) is -7.23. The molecule has 0 radical (unpaired) electrons. The SMILES string of the molecule is CCCCNC(=O)C1CC(C(=O)O)C(C(=O)O)CC1C(=O)NCCCC. The van der Waals surface area contributed by atoms with Gasteiger partial charge in [0.05, 0.1) is 23.7 Å². The van der Waals surface area contributed by atoms with Crippen LogP contribution in [-0.2, 0) is 19.2 Å². The first kappa shape index (κ1) is 21.9. The lowest BCUT2D eigenvalue weighted by Crippen LogP contribution is -2.50. The molecule has 1 saturated carbocycles. The van der Waals surface area contributed by atoms with Crippen molar-refractivity contribution in [1.29, 1.82) is 0 Å². The van der Waals surface area contributed by atoms with Gasteiger partial charge in [-0.2, -0.15) is 0 Å². The summed E-state index contributed by atoms with van der Waals surface area (Å²) in [7, 11) is 0. The largest absolute Gasteiger partial charge is 0.481 e. The molecule has 0 bridgehead atoms. The Kier molecular flexibility index (Phi) is 9.09. The number of carboxylic acids is 2. The van der Waals surface area contributed by atoms with Gasteiger partial charge in [0.15, 0.2) is 0 Å². The van der Waals surface area contributed by atoms with Crippen molar-refractivity contribution in [3.63, 3.8) is 0 Å². The molecule has 4 atom stereocenters. The standard InChI is InChI=1S/C18H30N2O6/c1-3-5-7-19-15(21)11-9-13(17(23)24)14(18(25)26)10-12(11)16(22)20-8-6-4-2/h11-14H,3-10H2,1-2H3,(H,19,21)(H,20,22)(H,23,24)(H,25,26). The number of nitrogens with one attached hydrogen (secondary N) is 2. The highest BCUT2D eigenvalue weighted by Gasteiger charge is 2.48. The van der Waals surface area contributed by atoms with Gasteiger partial charge >= 0.3 is 11.9 Å². The van der Waals surface area contributed by atoms with Crippen LogP contribution in [0.4, 0.5) is 0 Å². The number of aliphatic carboxylic acids is 2. The van der Waals surface area contributed by atoms with E-state index in [2.05, 4.69) is 10.6 Å². The molecule has 8 heteroatoms. The maximum atomic E-state index is 12.5. The van der Waals surface area contributed by atoms with Crippen LogP contribution in [0.3, 0.4) is 0 Å². The summed E-state index contributed by atoms with van der Waals surface area (Å²) in [6, 6.07) is 0. The molecular formula is C18H30N2O6. The van der Waals surface area contributed by atoms with Crippen molar-refractivity contribution in [3.05, 3.63) is 0 Å². The van der Waals surface area contributed by atoms with E-state index in [9.17, 15) is 29.4 Å². The van der Waals surface area contributed by atoms with Crippen LogP contribution in [0, 0.1) is 23.7 Å². The highest BCUT2D eigenvalue weighted by molar-refractivity contribution is 5.90. The van der Waals surface area contributed by atoms with Crippen LogP contribution in [0.2, 0.25) is 0 Å². The van der Waals surface area contributed by atoms with Crippen LogP contribution in [0.1, 0.15) is 52.4 Å². The molecule has 2 amide bonds. The molecule has 1 aliphatic rings. The summed E-state index contributed by atoms with van der Waals surface area (Å²) >= 11 is 0. The van der Waals surface area contributed by atoms with E-state index < -0.39 is 35.6 Å². The van der Waals surface area contributed by atoms with Gasteiger partial charge in [-0.3, -0.25) is 19.2 Å². The Hall–Kier alpha value is -2.12. The molecule has 0 saturated heterocycles. The average Bonchev–Trinajstić information content (AvgIpc) is 2.60. The number of amides is 2. The van der Waals surface area contributed by atoms with Gasteiger partial charge in [-0.1, -0.05) is 26.7 Å². The number of unbranched alkanes of at least 4 members (excludes halogenated alkanes) is 2. The molecule has 148 valence electrons. The maximum Gasteiger partial charge on any atom is 0.307 e. The van der Waals surface area contributed by atoms with Gasteiger partial charge in [0.25, 0.3) is 0 Å². The highest BCUT2D eigenvalue weighted by atomic mass is 16.4. The van der Waals surface area contributed by atoms with Gasteiger partial charge in [-0.15, -0.1) is 0 Å². The van der Waals surface area contributed by atoms with E-state index in [-0.39, 0.29) is 24.7 Å². The number of carbonyl (C=O) groups is 4. The Morgan fingerprint density at radius 2 is 1.08 bits per heavy atom.